The lowest BCUT2D eigenvalue weighted by Gasteiger charge is -2.23. The molecule has 0 spiro atoms. The average molecular weight is 249 g/mol. The number of hydrogen-bond acceptors (Lipinski definition) is 2. The molecule has 0 bridgehead atoms. The first-order valence-corrected chi connectivity index (χ1v) is 6.69. The number of carbonyl (C=O) groups excluding carboxylic acids is 1. The van der Waals surface area contributed by atoms with Crippen molar-refractivity contribution in [1.82, 2.24) is 5.32 Å². The molecule has 1 heterocycles. The third kappa shape index (κ3) is 3.39. The van der Waals surface area contributed by atoms with Crippen LogP contribution in [0.4, 0.5) is 4.39 Å². The highest BCUT2D eigenvalue weighted by molar-refractivity contribution is 5.96. The average Bonchev–Trinajstić information content (AvgIpc) is 2.40. The Bertz CT molecular complexity index is 425. The quantitative estimate of drug-likeness (QED) is 0.830. The molecule has 2 nitrogen and oxygen atoms in total. The molecule has 1 saturated heterocycles. The molecule has 2 rings (SSSR count). The summed E-state index contributed by atoms with van der Waals surface area (Å²) in [5, 5.41) is 3.43. The maximum atomic E-state index is 13.1. The molecule has 0 saturated carbocycles. The monoisotopic (exact) mass is 249 g/mol. The Morgan fingerprint density at radius 2 is 2.28 bits per heavy atom. The number of ketones is 1. The highest BCUT2D eigenvalue weighted by Gasteiger charge is 2.15. The number of carbonyl (C=O) groups is 1. The van der Waals surface area contributed by atoms with Crippen LogP contribution in [-0.2, 0) is 0 Å². The molecule has 1 aliphatic rings. The van der Waals surface area contributed by atoms with Gasteiger partial charge >= 0.3 is 0 Å². The highest BCUT2D eigenvalue weighted by atomic mass is 19.1. The summed E-state index contributed by atoms with van der Waals surface area (Å²) in [6.45, 7) is 2.75. The van der Waals surface area contributed by atoms with Crippen LogP contribution in [0.25, 0.3) is 0 Å². The van der Waals surface area contributed by atoms with Gasteiger partial charge in [0.1, 0.15) is 5.82 Å². The molecule has 18 heavy (non-hydrogen) atoms. The first-order chi connectivity index (χ1) is 8.66. The Hall–Kier alpha value is -1.22. The van der Waals surface area contributed by atoms with Crippen molar-refractivity contribution >= 4 is 5.78 Å². The molecule has 0 amide bonds. The number of rotatable bonds is 4. The number of Topliss-reactive ketones (excluding diaryl/α,β-unsaturated/α-hetero) is 1. The highest BCUT2D eigenvalue weighted by Crippen LogP contribution is 2.15. The predicted molar refractivity (Wildman–Crippen MR) is 70.3 cm³/mol. The number of benzene rings is 1. The summed E-state index contributed by atoms with van der Waals surface area (Å²) in [6.07, 6.45) is 5.08. The first kappa shape index (κ1) is 13.2. The van der Waals surface area contributed by atoms with Crippen molar-refractivity contribution in [3.8, 4) is 0 Å². The van der Waals surface area contributed by atoms with Gasteiger partial charge in [0.25, 0.3) is 0 Å². The standard InChI is InChI=1S/C15H20FNO/c1-11-10-12(5-7-14(11)16)15(18)8-6-13-4-2-3-9-17-13/h5,7,10,13,17H,2-4,6,8-9H2,1H3. The van der Waals surface area contributed by atoms with Gasteiger partial charge in [-0.3, -0.25) is 4.79 Å². The maximum Gasteiger partial charge on any atom is 0.162 e. The fourth-order valence-electron chi connectivity index (χ4n) is 2.44. The third-order valence-electron chi connectivity index (χ3n) is 3.61. The summed E-state index contributed by atoms with van der Waals surface area (Å²) in [5.74, 6) is -0.133. The van der Waals surface area contributed by atoms with E-state index in [1.165, 1.54) is 18.9 Å². The molecule has 0 aromatic heterocycles. The fraction of sp³-hybridized carbons (Fsp3) is 0.533. The van der Waals surface area contributed by atoms with Crippen LogP contribution >= 0.6 is 0 Å². The van der Waals surface area contributed by atoms with E-state index in [4.69, 9.17) is 0 Å². The molecule has 1 aromatic carbocycles. The van der Waals surface area contributed by atoms with E-state index in [-0.39, 0.29) is 11.6 Å². The molecule has 1 atom stereocenters. The van der Waals surface area contributed by atoms with Gasteiger partial charge in [-0.15, -0.1) is 0 Å². The Labute approximate surface area is 108 Å². The van der Waals surface area contributed by atoms with Crippen LogP contribution in [0.1, 0.15) is 48.0 Å². The van der Waals surface area contributed by atoms with Gasteiger partial charge in [0, 0.05) is 18.0 Å². The lowest BCUT2D eigenvalue weighted by molar-refractivity contribution is 0.0974. The molecule has 1 unspecified atom stereocenters. The van der Waals surface area contributed by atoms with Crippen molar-refractivity contribution in [2.45, 2.75) is 45.1 Å². The van der Waals surface area contributed by atoms with E-state index in [1.54, 1.807) is 19.1 Å². The minimum absolute atomic E-state index is 0.116. The zero-order valence-corrected chi connectivity index (χ0v) is 10.8. The van der Waals surface area contributed by atoms with Gasteiger partial charge in [0.05, 0.1) is 0 Å². The van der Waals surface area contributed by atoms with E-state index in [0.29, 0.717) is 23.6 Å². The second-order valence-electron chi connectivity index (χ2n) is 5.07. The first-order valence-electron chi connectivity index (χ1n) is 6.69. The molecule has 98 valence electrons. The number of halogens is 1. The summed E-state index contributed by atoms with van der Waals surface area (Å²) in [6, 6.07) is 5.08. The normalized spacial score (nSPS) is 19.8. The SMILES string of the molecule is Cc1cc(C(=O)CCC2CCCCN2)ccc1F. The molecular formula is C15H20FNO. The van der Waals surface area contributed by atoms with Gasteiger partial charge in [0.15, 0.2) is 5.78 Å². The van der Waals surface area contributed by atoms with Gasteiger partial charge in [-0.2, -0.15) is 0 Å². The topological polar surface area (TPSA) is 29.1 Å². The zero-order chi connectivity index (χ0) is 13.0. The maximum absolute atomic E-state index is 13.1. The van der Waals surface area contributed by atoms with Crippen LogP contribution in [0.3, 0.4) is 0 Å². The van der Waals surface area contributed by atoms with Crippen LogP contribution in [0.15, 0.2) is 18.2 Å². The lowest BCUT2D eigenvalue weighted by Crippen LogP contribution is -2.34. The molecule has 3 heteroatoms. The second kappa shape index (κ2) is 6.10. The van der Waals surface area contributed by atoms with E-state index in [9.17, 15) is 9.18 Å². The van der Waals surface area contributed by atoms with Gasteiger partial charge < -0.3 is 5.32 Å². The van der Waals surface area contributed by atoms with E-state index in [1.807, 2.05) is 0 Å². The summed E-state index contributed by atoms with van der Waals surface area (Å²) in [5.41, 5.74) is 1.17. The summed E-state index contributed by atoms with van der Waals surface area (Å²) >= 11 is 0. The Kier molecular flexibility index (Phi) is 4.48. The van der Waals surface area contributed by atoms with E-state index in [0.717, 1.165) is 19.4 Å². The van der Waals surface area contributed by atoms with Crippen LogP contribution < -0.4 is 5.32 Å². The van der Waals surface area contributed by atoms with Crippen molar-refractivity contribution < 1.29 is 9.18 Å². The van der Waals surface area contributed by atoms with Crippen LogP contribution in [0, 0.1) is 12.7 Å². The minimum Gasteiger partial charge on any atom is -0.314 e. The predicted octanol–water partition coefficient (Wildman–Crippen LogP) is 3.24. The molecule has 1 aromatic rings. The van der Waals surface area contributed by atoms with Crippen molar-refractivity contribution in [3.05, 3.63) is 35.1 Å². The van der Waals surface area contributed by atoms with E-state index >= 15 is 0 Å². The minimum atomic E-state index is -0.250. The lowest BCUT2D eigenvalue weighted by atomic mass is 9.97. The Balaban J connectivity index is 1.88. The number of hydrogen-bond donors (Lipinski definition) is 1. The van der Waals surface area contributed by atoms with Gasteiger partial charge in [-0.1, -0.05) is 6.42 Å². The van der Waals surface area contributed by atoms with Crippen molar-refractivity contribution in [1.29, 1.82) is 0 Å². The summed E-state index contributed by atoms with van der Waals surface area (Å²) in [4.78, 5) is 12.0. The molecule has 1 fully saturated rings. The fourth-order valence-corrected chi connectivity index (χ4v) is 2.44. The van der Waals surface area contributed by atoms with Crippen LogP contribution in [0.2, 0.25) is 0 Å². The molecule has 0 aliphatic carbocycles. The third-order valence-corrected chi connectivity index (χ3v) is 3.61. The summed E-state index contributed by atoms with van der Waals surface area (Å²) < 4.78 is 13.1. The number of aryl methyl sites for hydroxylation is 1. The Morgan fingerprint density at radius 3 is 2.94 bits per heavy atom. The largest absolute Gasteiger partial charge is 0.314 e. The van der Waals surface area contributed by atoms with E-state index < -0.39 is 0 Å². The smallest absolute Gasteiger partial charge is 0.162 e. The molecule has 1 aliphatic heterocycles. The van der Waals surface area contributed by atoms with Crippen molar-refractivity contribution in [3.63, 3.8) is 0 Å². The van der Waals surface area contributed by atoms with Crippen LogP contribution in [0.5, 0.6) is 0 Å². The molecule has 0 radical (unpaired) electrons. The Morgan fingerprint density at radius 1 is 1.44 bits per heavy atom. The molecule has 1 N–H and O–H groups in total. The molecular weight excluding hydrogens is 229 g/mol. The number of piperidine rings is 1. The summed E-state index contributed by atoms with van der Waals surface area (Å²) in [7, 11) is 0. The number of nitrogens with one attached hydrogen (secondary N) is 1. The second-order valence-corrected chi connectivity index (χ2v) is 5.07. The van der Waals surface area contributed by atoms with Crippen molar-refractivity contribution in [2.24, 2.45) is 0 Å². The van der Waals surface area contributed by atoms with Gasteiger partial charge in [-0.05, 0) is 56.5 Å². The van der Waals surface area contributed by atoms with E-state index in [2.05, 4.69) is 5.32 Å². The zero-order valence-electron chi connectivity index (χ0n) is 10.8. The van der Waals surface area contributed by atoms with Gasteiger partial charge in [-0.25, -0.2) is 4.39 Å². The van der Waals surface area contributed by atoms with Gasteiger partial charge in [0.2, 0.25) is 0 Å². The van der Waals surface area contributed by atoms with Crippen molar-refractivity contribution in [2.75, 3.05) is 6.54 Å². The van der Waals surface area contributed by atoms with Crippen LogP contribution in [-0.4, -0.2) is 18.4 Å².